The Balaban J connectivity index is 2.48. The maximum atomic E-state index is 10.9. The van der Waals surface area contributed by atoms with Gasteiger partial charge in [0.15, 0.2) is 6.29 Å². The van der Waals surface area contributed by atoms with Gasteiger partial charge < -0.3 is 15.2 Å². The first-order valence-corrected chi connectivity index (χ1v) is 5.98. The van der Waals surface area contributed by atoms with E-state index in [1.54, 1.807) is 6.92 Å². The van der Waals surface area contributed by atoms with Gasteiger partial charge in [-0.15, -0.1) is 0 Å². The molecule has 1 rings (SSSR count). The lowest BCUT2D eigenvalue weighted by molar-refractivity contribution is 0.0922. The molecule has 0 aliphatic carbocycles. The molecule has 0 saturated carbocycles. The number of ether oxygens (including phenoxy) is 1. The Morgan fingerprint density at radius 2 is 2.22 bits per heavy atom. The number of aliphatic hydroxyl groups excluding tert-OH is 1. The van der Waals surface area contributed by atoms with Crippen LogP contribution in [0.15, 0.2) is 0 Å². The van der Waals surface area contributed by atoms with Crippen LogP contribution in [0.2, 0.25) is 5.15 Å². The lowest BCUT2D eigenvalue weighted by Crippen LogP contribution is -2.11. The van der Waals surface area contributed by atoms with Gasteiger partial charge in [-0.3, -0.25) is 4.79 Å². The maximum absolute atomic E-state index is 10.9. The predicted molar refractivity (Wildman–Crippen MR) is 68.2 cm³/mol. The molecule has 18 heavy (non-hydrogen) atoms. The van der Waals surface area contributed by atoms with Crippen LogP contribution < -0.4 is 5.32 Å². The van der Waals surface area contributed by atoms with Crippen molar-refractivity contribution in [1.29, 1.82) is 0 Å². The van der Waals surface area contributed by atoms with E-state index < -0.39 is 0 Å². The second kappa shape index (κ2) is 7.97. The fraction of sp³-hybridized carbons (Fsp3) is 0.545. The molecule has 6 nitrogen and oxygen atoms in total. The van der Waals surface area contributed by atoms with Crippen LogP contribution >= 0.6 is 11.6 Å². The van der Waals surface area contributed by atoms with Crippen LogP contribution in [0.25, 0.3) is 0 Å². The Hall–Kier alpha value is -1.24. The number of carbonyl (C=O) groups excluding carboxylic acids is 1. The summed E-state index contributed by atoms with van der Waals surface area (Å²) in [5.41, 5.74) is 0.263. The van der Waals surface area contributed by atoms with Gasteiger partial charge in [0.2, 0.25) is 0 Å². The van der Waals surface area contributed by atoms with Crippen molar-refractivity contribution in [2.24, 2.45) is 0 Å². The Kier molecular flexibility index (Phi) is 6.56. The summed E-state index contributed by atoms with van der Waals surface area (Å²) in [5, 5.41) is 11.7. The molecular formula is C11H16ClN3O3. The van der Waals surface area contributed by atoms with Gasteiger partial charge in [-0.05, 0) is 13.3 Å². The predicted octanol–water partition coefficient (Wildman–Crippen LogP) is 1.06. The number of rotatable bonds is 8. The zero-order chi connectivity index (χ0) is 13.4. The molecule has 0 fully saturated rings. The minimum atomic E-state index is 0.0173. The molecule has 0 atom stereocenters. The second-order valence-electron chi connectivity index (χ2n) is 3.56. The smallest absolute Gasteiger partial charge is 0.156 e. The van der Waals surface area contributed by atoms with Gasteiger partial charge in [-0.2, -0.15) is 0 Å². The zero-order valence-corrected chi connectivity index (χ0v) is 10.9. The molecule has 1 aromatic rings. The normalized spacial score (nSPS) is 10.4. The molecule has 100 valence electrons. The zero-order valence-electron chi connectivity index (χ0n) is 10.1. The lowest BCUT2D eigenvalue weighted by Gasteiger charge is -2.09. The first-order chi connectivity index (χ1) is 8.69. The number of aldehydes is 1. The largest absolute Gasteiger partial charge is 0.394 e. The van der Waals surface area contributed by atoms with Gasteiger partial charge >= 0.3 is 0 Å². The van der Waals surface area contributed by atoms with E-state index in [4.69, 9.17) is 21.4 Å². The molecule has 2 N–H and O–H groups in total. The highest BCUT2D eigenvalue weighted by atomic mass is 35.5. The van der Waals surface area contributed by atoms with E-state index in [9.17, 15) is 4.79 Å². The van der Waals surface area contributed by atoms with E-state index in [-0.39, 0.29) is 17.3 Å². The average Bonchev–Trinajstić information content (AvgIpc) is 2.33. The van der Waals surface area contributed by atoms with Crippen molar-refractivity contribution in [2.75, 3.05) is 31.7 Å². The van der Waals surface area contributed by atoms with Crippen LogP contribution in [-0.4, -0.2) is 47.7 Å². The highest BCUT2D eigenvalue weighted by Gasteiger charge is 2.10. The summed E-state index contributed by atoms with van der Waals surface area (Å²) in [6.45, 7) is 3.18. The van der Waals surface area contributed by atoms with Crippen molar-refractivity contribution in [2.45, 2.75) is 13.3 Å². The van der Waals surface area contributed by atoms with Crippen molar-refractivity contribution in [3.63, 3.8) is 0 Å². The van der Waals surface area contributed by atoms with Gasteiger partial charge in [0.1, 0.15) is 16.8 Å². The van der Waals surface area contributed by atoms with Crippen molar-refractivity contribution in [1.82, 2.24) is 9.97 Å². The number of anilines is 1. The second-order valence-corrected chi connectivity index (χ2v) is 3.92. The topological polar surface area (TPSA) is 84.3 Å². The van der Waals surface area contributed by atoms with Gasteiger partial charge in [-0.25, -0.2) is 9.97 Å². The third-order valence-corrected chi connectivity index (χ3v) is 2.41. The number of nitrogens with one attached hydrogen (secondary N) is 1. The van der Waals surface area contributed by atoms with Crippen molar-refractivity contribution in [3.8, 4) is 0 Å². The van der Waals surface area contributed by atoms with Crippen molar-refractivity contribution >= 4 is 23.7 Å². The molecule has 1 heterocycles. The third-order valence-electron chi connectivity index (χ3n) is 2.12. The number of aliphatic hydroxyl groups is 1. The first-order valence-electron chi connectivity index (χ1n) is 5.60. The molecule has 7 heteroatoms. The van der Waals surface area contributed by atoms with Crippen LogP contribution in [0.4, 0.5) is 5.82 Å². The van der Waals surface area contributed by atoms with Crippen molar-refractivity contribution in [3.05, 3.63) is 16.5 Å². The summed E-state index contributed by atoms with van der Waals surface area (Å²) >= 11 is 5.84. The van der Waals surface area contributed by atoms with E-state index in [1.165, 1.54) is 0 Å². The van der Waals surface area contributed by atoms with E-state index >= 15 is 0 Å². The molecule has 1 aromatic heterocycles. The third kappa shape index (κ3) is 4.56. The number of aryl methyl sites for hydroxylation is 1. The SMILES string of the molecule is Cc1nc(Cl)c(C=O)c(NCCCOCCO)n1. The molecule has 0 aromatic carbocycles. The molecule has 0 spiro atoms. The Bertz CT molecular complexity index is 401. The summed E-state index contributed by atoms with van der Waals surface area (Å²) in [5.74, 6) is 0.939. The lowest BCUT2D eigenvalue weighted by atomic mass is 10.3. The number of halogens is 1. The van der Waals surface area contributed by atoms with Crippen LogP contribution in [-0.2, 0) is 4.74 Å². The minimum Gasteiger partial charge on any atom is -0.394 e. The molecule has 0 bridgehead atoms. The Morgan fingerprint density at radius 1 is 1.44 bits per heavy atom. The van der Waals surface area contributed by atoms with E-state index in [2.05, 4.69) is 15.3 Å². The standard InChI is InChI=1S/C11H16ClN3O3/c1-8-14-10(12)9(7-17)11(15-8)13-3-2-5-18-6-4-16/h7,16H,2-6H2,1H3,(H,13,14,15). The summed E-state index contributed by atoms with van der Waals surface area (Å²) in [4.78, 5) is 18.9. The maximum Gasteiger partial charge on any atom is 0.156 e. The molecular weight excluding hydrogens is 258 g/mol. The monoisotopic (exact) mass is 273 g/mol. The van der Waals surface area contributed by atoms with Gasteiger partial charge in [-0.1, -0.05) is 11.6 Å². The van der Waals surface area contributed by atoms with Gasteiger partial charge in [0.05, 0.1) is 18.8 Å². The molecule has 0 saturated heterocycles. The van der Waals surface area contributed by atoms with Crippen LogP contribution in [0.1, 0.15) is 22.6 Å². The molecule has 0 aliphatic rings. The number of carbonyl (C=O) groups is 1. The van der Waals surface area contributed by atoms with E-state index in [0.29, 0.717) is 37.7 Å². The summed E-state index contributed by atoms with van der Waals surface area (Å²) in [6.07, 6.45) is 1.37. The highest BCUT2D eigenvalue weighted by molar-refractivity contribution is 6.32. The molecule has 0 amide bonds. The summed E-state index contributed by atoms with van der Waals surface area (Å²) < 4.78 is 5.11. The van der Waals surface area contributed by atoms with E-state index in [1.807, 2.05) is 0 Å². The quantitative estimate of drug-likeness (QED) is 0.419. The molecule has 0 unspecified atom stereocenters. The number of hydrogen-bond donors (Lipinski definition) is 2. The van der Waals surface area contributed by atoms with Gasteiger partial charge in [0, 0.05) is 13.2 Å². The summed E-state index contributed by atoms with van der Waals surface area (Å²) in [6, 6.07) is 0. The average molecular weight is 274 g/mol. The summed E-state index contributed by atoms with van der Waals surface area (Å²) in [7, 11) is 0. The molecule has 0 aliphatic heterocycles. The number of nitrogens with zero attached hydrogens (tertiary/aromatic N) is 2. The van der Waals surface area contributed by atoms with Crippen LogP contribution in [0, 0.1) is 6.92 Å². The Morgan fingerprint density at radius 3 is 2.89 bits per heavy atom. The highest BCUT2D eigenvalue weighted by Crippen LogP contribution is 2.18. The number of hydrogen-bond acceptors (Lipinski definition) is 6. The fourth-order valence-electron chi connectivity index (χ4n) is 1.33. The number of aromatic nitrogens is 2. The molecule has 0 radical (unpaired) electrons. The minimum absolute atomic E-state index is 0.0173. The van der Waals surface area contributed by atoms with Gasteiger partial charge in [0.25, 0.3) is 0 Å². The van der Waals surface area contributed by atoms with Crippen LogP contribution in [0.5, 0.6) is 0 Å². The Labute approximate surface area is 110 Å². The first kappa shape index (κ1) is 14.8. The van der Waals surface area contributed by atoms with E-state index in [0.717, 1.165) is 6.42 Å². The van der Waals surface area contributed by atoms with Crippen molar-refractivity contribution < 1.29 is 14.6 Å². The fourth-order valence-corrected chi connectivity index (χ4v) is 1.59. The van der Waals surface area contributed by atoms with Crippen LogP contribution in [0.3, 0.4) is 0 Å².